The predicted molar refractivity (Wildman–Crippen MR) is 102 cm³/mol. The zero-order valence-corrected chi connectivity index (χ0v) is 13.6. The fraction of sp³-hybridized carbons (Fsp3) is 0.0833. The minimum absolute atomic E-state index is 0.324. The Morgan fingerprint density at radius 2 is 1.08 bits per heavy atom. The summed E-state index contributed by atoms with van der Waals surface area (Å²) in [5.41, 5.74) is 6.82. The molecule has 0 nitrogen and oxygen atoms in total. The minimum atomic E-state index is 0.324. The molecule has 0 heteroatoms. The quantitative estimate of drug-likeness (QED) is 0.536. The van der Waals surface area contributed by atoms with E-state index in [1.165, 1.54) is 27.8 Å². The number of hydrogen-bond acceptors (Lipinski definition) is 0. The normalized spacial score (nSPS) is 13.7. The highest BCUT2D eigenvalue weighted by molar-refractivity contribution is 5.78. The number of hydrogen-bond donors (Lipinski definition) is 0. The molecule has 0 aliphatic heterocycles. The maximum Gasteiger partial charge on any atom is 0.0305 e. The van der Waals surface area contributed by atoms with Gasteiger partial charge in [0, 0.05) is 5.92 Å². The molecule has 24 heavy (non-hydrogen) atoms. The molecule has 0 N–H and O–H groups in total. The van der Waals surface area contributed by atoms with Crippen molar-refractivity contribution in [2.24, 2.45) is 0 Å². The summed E-state index contributed by atoms with van der Waals surface area (Å²) in [7, 11) is 0. The van der Waals surface area contributed by atoms with E-state index in [0.717, 1.165) is 6.42 Å². The topological polar surface area (TPSA) is 0 Å². The predicted octanol–water partition coefficient (Wildman–Crippen LogP) is 6.23. The first kappa shape index (κ1) is 14.7. The monoisotopic (exact) mass is 308 g/mol. The van der Waals surface area contributed by atoms with E-state index in [2.05, 4.69) is 103 Å². The Morgan fingerprint density at radius 1 is 0.583 bits per heavy atom. The summed E-state index contributed by atoms with van der Waals surface area (Å²) < 4.78 is 0. The lowest BCUT2D eigenvalue weighted by atomic mass is 9.84. The zero-order chi connectivity index (χ0) is 16.2. The molecule has 0 radical (unpaired) electrons. The third-order valence-electron chi connectivity index (χ3n) is 4.64. The van der Waals surface area contributed by atoms with E-state index in [4.69, 9.17) is 0 Å². The van der Waals surface area contributed by atoms with Crippen molar-refractivity contribution in [3.8, 4) is 0 Å². The average molecular weight is 308 g/mol. The molecule has 0 bridgehead atoms. The highest BCUT2D eigenvalue weighted by atomic mass is 14.2. The van der Waals surface area contributed by atoms with E-state index in [0.29, 0.717) is 5.92 Å². The van der Waals surface area contributed by atoms with Gasteiger partial charge in [0.15, 0.2) is 0 Å². The summed E-state index contributed by atoms with van der Waals surface area (Å²) in [6, 6.07) is 32.3. The molecule has 1 aliphatic rings. The fourth-order valence-electron chi connectivity index (χ4n) is 3.49. The standard InChI is InChI=1S/C24H20/c1-4-10-19(11-5-1)22-16-17-23(18-22)24(20-12-6-2-7-13-20)21-14-8-3-9-15-21/h1-16,18,24H,17H2. The fourth-order valence-corrected chi connectivity index (χ4v) is 3.49. The Labute approximate surface area is 143 Å². The number of benzene rings is 3. The first-order valence-electron chi connectivity index (χ1n) is 8.48. The van der Waals surface area contributed by atoms with Crippen molar-refractivity contribution >= 4 is 5.57 Å². The molecule has 116 valence electrons. The van der Waals surface area contributed by atoms with Crippen molar-refractivity contribution < 1.29 is 0 Å². The molecular formula is C24H20. The van der Waals surface area contributed by atoms with Crippen LogP contribution in [0.15, 0.2) is 109 Å². The van der Waals surface area contributed by atoms with Gasteiger partial charge in [0.05, 0.1) is 0 Å². The van der Waals surface area contributed by atoms with Crippen LogP contribution in [0.4, 0.5) is 0 Å². The summed E-state index contributed by atoms with van der Waals surface area (Å²) >= 11 is 0. The smallest absolute Gasteiger partial charge is 0.0305 e. The van der Waals surface area contributed by atoms with Gasteiger partial charge in [0.25, 0.3) is 0 Å². The third-order valence-corrected chi connectivity index (χ3v) is 4.64. The maximum absolute atomic E-state index is 2.38. The van der Waals surface area contributed by atoms with Gasteiger partial charge in [-0.25, -0.2) is 0 Å². The van der Waals surface area contributed by atoms with Gasteiger partial charge < -0.3 is 0 Å². The molecule has 3 aromatic rings. The summed E-state index contributed by atoms with van der Waals surface area (Å²) in [6.45, 7) is 0. The second kappa shape index (κ2) is 6.72. The van der Waals surface area contributed by atoms with Crippen molar-refractivity contribution in [3.05, 3.63) is 125 Å². The summed E-state index contributed by atoms with van der Waals surface area (Å²) in [5.74, 6) is 0.324. The second-order valence-electron chi connectivity index (χ2n) is 6.20. The van der Waals surface area contributed by atoms with Crippen molar-refractivity contribution in [3.63, 3.8) is 0 Å². The molecule has 0 atom stereocenters. The molecule has 0 spiro atoms. The lowest BCUT2D eigenvalue weighted by molar-refractivity contribution is 0.919. The molecule has 4 rings (SSSR count). The molecule has 0 saturated heterocycles. The largest absolute Gasteiger partial charge is 0.0726 e. The molecular weight excluding hydrogens is 288 g/mol. The maximum atomic E-state index is 2.38. The van der Waals surface area contributed by atoms with Crippen LogP contribution in [0.25, 0.3) is 5.57 Å². The third kappa shape index (κ3) is 2.96. The van der Waals surface area contributed by atoms with Crippen molar-refractivity contribution in [2.45, 2.75) is 12.3 Å². The van der Waals surface area contributed by atoms with Crippen LogP contribution < -0.4 is 0 Å². The van der Waals surface area contributed by atoms with E-state index < -0.39 is 0 Å². The SMILES string of the molecule is C1=C(c2ccccc2)C=C(C(c2ccccc2)c2ccccc2)C1. The summed E-state index contributed by atoms with van der Waals surface area (Å²) in [4.78, 5) is 0. The number of allylic oxidation sites excluding steroid dienone is 4. The van der Waals surface area contributed by atoms with Crippen LogP contribution in [0.5, 0.6) is 0 Å². The summed E-state index contributed by atoms with van der Waals surface area (Å²) in [6.07, 6.45) is 5.74. The van der Waals surface area contributed by atoms with Crippen LogP contribution in [0.3, 0.4) is 0 Å². The summed E-state index contributed by atoms with van der Waals surface area (Å²) in [5, 5.41) is 0. The van der Waals surface area contributed by atoms with Crippen LogP contribution in [0.2, 0.25) is 0 Å². The molecule has 0 saturated carbocycles. The van der Waals surface area contributed by atoms with E-state index in [1.807, 2.05) is 0 Å². The molecule has 0 amide bonds. The molecule has 0 unspecified atom stereocenters. The van der Waals surface area contributed by atoms with Gasteiger partial charge in [-0.3, -0.25) is 0 Å². The van der Waals surface area contributed by atoms with Crippen LogP contribution in [0, 0.1) is 0 Å². The molecule has 0 aromatic heterocycles. The average Bonchev–Trinajstić information content (AvgIpc) is 3.14. The Hall–Kier alpha value is -2.86. The van der Waals surface area contributed by atoms with Gasteiger partial charge in [-0.15, -0.1) is 0 Å². The molecule has 0 heterocycles. The van der Waals surface area contributed by atoms with E-state index in [9.17, 15) is 0 Å². The highest BCUT2D eigenvalue weighted by Crippen LogP contribution is 2.39. The number of rotatable bonds is 4. The first-order valence-corrected chi connectivity index (χ1v) is 8.48. The molecule has 0 fully saturated rings. The lowest BCUT2D eigenvalue weighted by Crippen LogP contribution is -2.03. The van der Waals surface area contributed by atoms with Gasteiger partial charge >= 0.3 is 0 Å². The van der Waals surface area contributed by atoms with Gasteiger partial charge in [-0.05, 0) is 28.7 Å². The highest BCUT2D eigenvalue weighted by Gasteiger charge is 2.21. The van der Waals surface area contributed by atoms with Gasteiger partial charge in [-0.1, -0.05) is 109 Å². The van der Waals surface area contributed by atoms with Crippen molar-refractivity contribution in [2.75, 3.05) is 0 Å². The zero-order valence-electron chi connectivity index (χ0n) is 13.6. The van der Waals surface area contributed by atoms with Crippen LogP contribution >= 0.6 is 0 Å². The van der Waals surface area contributed by atoms with E-state index in [-0.39, 0.29) is 0 Å². The molecule has 3 aromatic carbocycles. The van der Waals surface area contributed by atoms with E-state index >= 15 is 0 Å². The Bertz CT molecular complexity index is 816. The second-order valence-corrected chi connectivity index (χ2v) is 6.20. The lowest BCUT2D eigenvalue weighted by Gasteiger charge is -2.19. The first-order chi connectivity index (χ1) is 11.9. The Balaban J connectivity index is 1.73. The van der Waals surface area contributed by atoms with Crippen molar-refractivity contribution in [1.29, 1.82) is 0 Å². The van der Waals surface area contributed by atoms with E-state index in [1.54, 1.807) is 0 Å². The van der Waals surface area contributed by atoms with Crippen LogP contribution in [-0.4, -0.2) is 0 Å². The van der Waals surface area contributed by atoms with Crippen LogP contribution in [0.1, 0.15) is 29.0 Å². The molecule has 1 aliphatic carbocycles. The van der Waals surface area contributed by atoms with Gasteiger partial charge in [0.2, 0.25) is 0 Å². The Morgan fingerprint density at radius 3 is 1.62 bits per heavy atom. The van der Waals surface area contributed by atoms with Gasteiger partial charge in [-0.2, -0.15) is 0 Å². The van der Waals surface area contributed by atoms with Gasteiger partial charge in [0.1, 0.15) is 0 Å². The van der Waals surface area contributed by atoms with Crippen molar-refractivity contribution in [1.82, 2.24) is 0 Å². The van der Waals surface area contributed by atoms with Crippen LogP contribution in [-0.2, 0) is 0 Å². The Kier molecular flexibility index (Phi) is 4.12. The minimum Gasteiger partial charge on any atom is -0.0726 e.